The molecule has 0 heterocycles. The highest BCUT2D eigenvalue weighted by Gasteiger charge is 2.38. The molecule has 3 rings (SSSR count). The van der Waals surface area contributed by atoms with Gasteiger partial charge in [-0.05, 0) is 61.6 Å². The van der Waals surface area contributed by atoms with Gasteiger partial charge in [0.15, 0.2) is 0 Å². The molecule has 0 bridgehead atoms. The number of amides is 1. The second-order valence-corrected chi connectivity index (χ2v) is 8.72. The van der Waals surface area contributed by atoms with Crippen molar-refractivity contribution in [3.8, 4) is 0 Å². The molecule has 2 N–H and O–H groups in total. The van der Waals surface area contributed by atoms with Crippen LogP contribution >= 0.6 is 23.2 Å². The van der Waals surface area contributed by atoms with Crippen molar-refractivity contribution >= 4 is 29.1 Å². The van der Waals surface area contributed by atoms with Crippen LogP contribution in [-0.2, 0) is 11.2 Å². The van der Waals surface area contributed by atoms with Gasteiger partial charge < -0.3 is 10.4 Å². The Hall–Kier alpha value is -1.55. The summed E-state index contributed by atoms with van der Waals surface area (Å²) in [5.41, 5.74) is 1.00. The van der Waals surface area contributed by atoms with Gasteiger partial charge in [0.05, 0.1) is 0 Å². The first-order valence-electron chi connectivity index (χ1n) is 9.91. The normalized spacial score (nSPS) is 18.3. The van der Waals surface area contributed by atoms with Crippen LogP contribution in [0.15, 0.2) is 48.5 Å². The Labute approximate surface area is 177 Å². The van der Waals surface area contributed by atoms with E-state index in [1.165, 1.54) is 0 Å². The first kappa shape index (κ1) is 21.2. The van der Waals surface area contributed by atoms with E-state index in [2.05, 4.69) is 5.32 Å². The van der Waals surface area contributed by atoms with E-state index in [4.69, 9.17) is 23.2 Å². The monoisotopic (exact) mass is 419 g/mol. The van der Waals surface area contributed by atoms with Crippen molar-refractivity contribution < 1.29 is 9.90 Å². The molecule has 1 fully saturated rings. The second kappa shape index (κ2) is 9.30. The Morgan fingerprint density at radius 1 is 1.00 bits per heavy atom. The summed E-state index contributed by atoms with van der Waals surface area (Å²) in [6.07, 6.45) is 4.68. The van der Waals surface area contributed by atoms with Crippen LogP contribution in [0.2, 0.25) is 10.0 Å². The van der Waals surface area contributed by atoms with Crippen molar-refractivity contribution in [2.45, 2.75) is 63.0 Å². The predicted molar refractivity (Wildman–Crippen MR) is 115 cm³/mol. The zero-order valence-corrected chi connectivity index (χ0v) is 17.6. The van der Waals surface area contributed by atoms with Crippen molar-refractivity contribution in [1.29, 1.82) is 0 Å². The number of carbonyl (C=O) groups is 1. The maximum atomic E-state index is 12.8. The fourth-order valence-electron chi connectivity index (χ4n) is 3.97. The summed E-state index contributed by atoms with van der Waals surface area (Å²) in [6.45, 7) is 2.00. The molecule has 0 spiro atoms. The molecule has 150 valence electrons. The molecule has 2 unspecified atom stereocenters. The van der Waals surface area contributed by atoms with E-state index >= 15 is 0 Å². The van der Waals surface area contributed by atoms with Gasteiger partial charge in [0.25, 0.3) is 5.91 Å². The standard InChI is InChI=1S/C23H27Cl2NO2/c1-16(26-22(27)23(28)13-3-2-4-14-23)21(18-7-11-20(25)12-8-18)15-17-5-9-19(24)10-6-17/h5-12,16,21,28H,2-4,13-15H2,1H3,(H,26,27). The molecule has 1 aliphatic rings. The highest BCUT2D eigenvalue weighted by molar-refractivity contribution is 6.30. The van der Waals surface area contributed by atoms with E-state index in [1.54, 1.807) is 0 Å². The molecule has 28 heavy (non-hydrogen) atoms. The fraction of sp³-hybridized carbons (Fsp3) is 0.435. The lowest BCUT2D eigenvalue weighted by molar-refractivity contribution is -0.143. The largest absolute Gasteiger partial charge is 0.380 e. The number of nitrogens with one attached hydrogen (secondary N) is 1. The number of halogens is 2. The van der Waals surface area contributed by atoms with E-state index in [1.807, 2.05) is 55.5 Å². The first-order chi connectivity index (χ1) is 13.4. The van der Waals surface area contributed by atoms with Crippen LogP contribution in [0, 0.1) is 0 Å². The summed E-state index contributed by atoms with van der Waals surface area (Å²) in [5.74, 6) is -0.204. The highest BCUT2D eigenvalue weighted by atomic mass is 35.5. The van der Waals surface area contributed by atoms with E-state index < -0.39 is 5.60 Å². The number of aliphatic hydroxyl groups is 1. The van der Waals surface area contributed by atoms with Crippen LogP contribution in [0.4, 0.5) is 0 Å². The number of hydrogen-bond acceptors (Lipinski definition) is 2. The van der Waals surface area contributed by atoms with Gasteiger partial charge >= 0.3 is 0 Å². The van der Waals surface area contributed by atoms with Gasteiger partial charge in [0.1, 0.15) is 5.60 Å². The number of hydrogen-bond donors (Lipinski definition) is 2. The fourth-order valence-corrected chi connectivity index (χ4v) is 4.23. The summed E-state index contributed by atoms with van der Waals surface area (Å²) in [6, 6.07) is 15.4. The molecule has 0 saturated heterocycles. The van der Waals surface area contributed by atoms with Gasteiger partial charge in [0.2, 0.25) is 0 Å². The summed E-state index contributed by atoms with van der Waals surface area (Å²) in [7, 11) is 0. The number of carbonyl (C=O) groups excluding carboxylic acids is 1. The molecule has 0 radical (unpaired) electrons. The van der Waals surface area contributed by atoms with E-state index in [-0.39, 0.29) is 17.9 Å². The van der Waals surface area contributed by atoms with Gasteiger partial charge in [-0.15, -0.1) is 0 Å². The van der Waals surface area contributed by atoms with E-state index in [9.17, 15) is 9.90 Å². The Morgan fingerprint density at radius 3 is 2.11 bits per heavy atom. The average molecular weight is 420 g/mol. The Balaban J connectivity index is 1.79. The second-order valence-electron chi connectivity index (χ2n) is 7.84. The molecule has 1 saturated carbocycles. The van der Waals surface area contributed by atoms with Crippen LogP contribution in [0.25, 0.3) is 0 Å². The van der Waals surface area contributed by atoms with Crippen LogP contribution in [0.1, 0.15) is 56.1 Å². The highest BCUT2D eigenvalue weighted by Crippen LogP contribution is 2.30. The Kier molecular flexibility index (Phi) is 7.03. The maximum Gasteiger partial charge on any atom is 0.252 e. The van der Waals surface area contributed by atoms with Crippen molar-refractivity contribution in [2.24, 2.45) is 0 Å². The third-order valence-corrected chi connectivity index (χ3v) is 6.24. The topological polar surface area (TPSA) is 49.3 Å². The zero-order valence-electron chi connectivity index (χ0n) is 16.1. The van der Waals surface area contributed by atoms with Crippen molar-refractivity contribution in [3.05, 3.63) is 69.7 Å². The van der Waals surface area contributed by atoms with Crippen molar-refractivity contribution in [1.82, 2.24) is 5.32 Å². The molecule has 2 aromatic rings. The summed E-state index contributed by atoms with van der Waals surface area (Å²) < 4.78 is 0. The molecule has 0 aliphatic heterocycles. The minimum atomic E-state index is -1.24. The third kappa shape index (κ3) is 5.28. The number of benzene rings is 2. The molecule has 3 nitrogen and oxygen atoms in total. The molecular formula is C23H27Cl2NO2. The summed E-state index contributed by atoms with van der Waals surface area (Å²) >= 11 is 12.1. The minimum absolute atomic E-state index is 0.0505. The molecular weight excluding hydrogens is 393 g/mol. The Bertz CT molecular complexity index is 783. The third-order valence-electron chi connectivity index (χ3n) is 5.73. The molecule has 2 atom stereocenters. The molecule has 5 heteroatoms. The SMILES string of the molecule is CC(NC(=O)C1(O)CCCCC1)C(Cc1ccc(Cl)cc1)c1ccc(Cl)cc1. The summed E-state index contributed by atoms with van der Waals surface area (Å²) in [5, 5.41) is 15.2. The van der Waals surface area contributed by atoms with Crippen LogP contribution < -0.4 is 5.32 Å². The minimum Gasteiger partial charge on any atom is -0.380 e. The van der Waals surface area contributed by atoms with E-state index in [0.29, 0.717) is 22.9 Å². The molecule has 1 amide bonds. The number of rotatable bonds is 6. The van der Waals surface area contributed by atoms with Crippen LogP contribution in [0.5, 0.6) is 0 Å². The van der Waals surface area contributed by atoms with Gasteiger partial charge in [-0.2, -0.15) is 0 Å². The summed E-state index contributed by atoms with van der Waals surface area (Å²) in [4.78, 5) is 12.8. The van der Waals surface area contributed by atoms with Crippen LogP contribution in [-0.4, -0.2) is 22.7 Å². The molecule has 2 aromatic carbocycles. The van der Waals surface area contributed by atoms with Gasteiger partial charge in [-0.3, -0.25) is 4.79 Å². The lowest BCUT2D eigenvalue weighted by Crippen LogP contribution is -2.52. The van der Waals surface area contributed by atoms with E-state index in [0.717, 1.165) is 36.8 Å². The molecule has 0 aromatic heterocycles. The Morgan fingerprint density at radius 2 is 1.54 bits per heavy atom. The average Bonchev–Trinajstić information content (AvgIpc) is 2.69. The van der Waals surface area contributed by atoms with Crippen LogP contribution in [0.3, 0.4) is 0 Å². The lowest BCUT2D eigenvalue weighted by atomic mass is 9.82. The van der Waals surface area contributed by atoms with Gasteiger partial charge in [0, 0.05) is 22.0 Å². The quantitative estimate of drug-likeness (QED) is 0.647. The first-order valence-corrected chi connectivity index (χ1v) is 10.7. The smallest absolute Gasteiger partial charge is 0.252 e. The van der Waals surface area contributed by atoms with Gasteiger partial charge in [-0.25, -0.2) is 0 Å². The van der Waals surface area contributed by atoms with Crippen molar-refractivity contribution in [2.75, 3.05) is 0 Å². The predicted octanol–water partition coefficient (Wildman–Crippen LogP) is 5.52. The maximum absolute atomic E-state index is 12.8. The lowest BCUT2D eigenvalue weighted by Gasteiger charge is -2.34. The van der Waals surface area contributed by atoms with Crippen molar-refractivity contribution in [3.63, 3.8) is 0 Å². The van der Waals surface area contributed by atoms with Gasteiger partial charge in [-0.1, -0.05) is 66.7 Å². The molecule has 1 aliphatic carbocycles. The zero-order chi connectivity index (χ0) is 20.1.